The molecule has 1 aliphatic heterocycles. The summed E-state index contributed by atoms with van der Waals surface area (Å²) in [6.45, 7) is 4.37. The number of hydrogen-bond donors (Lipinski definition) is 2. The predicted octanol–water partition coefficient (Wildman–Crippen LogP) is 3.45. The van der Waals surface area contributed by atoms with Gasteiger partial charge >= 0.3 is 6.09 Å². The first-order chi connectivity index (χ1) is 10.3. The lowest BCUT2D eigenvalue weighted by molar-refractivity contribution is 0.0838. The maximum Gasteiger partial charge on any atom is 0.405 e. The van der Waals surface area contributed by atoms with Crippen molar-refractivity contribution in [2.75, 3.05) is 13.2 Å². The van der Waals surface area contributed by atoms with E-state index in [4.69, 9.17) is 9.84 Å². The van der Waals surface area contributed by atoms with E-state index in [0.29, 0.717) is 31.6 Å². The molecule has 0 spiro atoms. The van der Waals surface area contributed by atoms with Gasteiger partial charge < -0.3 is 15.2 Å². The molecule has 1 aromatic carbocycles. The lowest BCUT2D eigenvalue weighted by Crippen LogP contribution is -2.44. The number of halogens is 2. The molecule has 0 aromatic heterocycles. The molecule has 2 rings (SSSR count). The zero-order valence-electron chi connectivity index (χ0n) is 12.8. The van der Waals surface area contributed by atoms with Gasteiger partial charge in [-0.15, -0.1) is 0 Å². The van der Waals surface area contributed by atoms with Crippen LogP contribution in [0.5, 0.6) is 0 Å². The maximum absolute atomic E-state index is 14.3. The SMILES string of the molecule is CC(C)(Cc1cc(F)c(C2CCOCC2)c(F)c1)NC(=O)O. The molecule has 1 aromatic rings. The number of nitrogens with one attached hydrogen (secondary N) is 1. The van der Waals surface area contributed by atoms with Gasteiger partial charge in [-0.2, -0.15) is 0 Å². The Kier molecular flexibility index (Phi) is 5.01. The van der Waals surface area contributed by atoms with Gasteiger partial charge in [0.05, 0.1) is 0 Å². The van der Waals surface area contributed by atoms with E-state index in [0.717, 1.165) is 0 Å². The third kappa shape index (κ3) is 4.16. The maximum atomic E-state index is 14.3. The number of carboxylic acid groups (broad SMARTS) is 1. The molecule has 0 atom stereocenters. The van der Waals surface area contributed by atoms with Crippen LogP contribution >= 0.6 is 0 Å². The summed E-state index contributed by atoms with van der Waals surface area (Å²) in [4.78, 5) is 10.7. The minimum Gasteiger partial charge on any atom is -0.465 e. The lowest BCUT2D eigenvalue weighted by atomic mass is 9.88. The molecule has 0 bridgehead atoms. The number of carbonyl (C=O) groups is 1. The van der Waals surface area contributed by atoms with Crippen LogP contribution in [-0.2, 0) is 11.2 Å². The van der Waals surface area contributed by atoms with E-state index in [1.807, 2.05) is 0 Å². The van der Waals surface area contributed by atoms with Gasteiger partial charge in [-0.3, -0.25) is 0 Å². The minimum absolute atomic E-state index is 0.121. The summed E-state index contributed by atoms with van der Waals surface area (Å²) < 4.78 is 33.8. The van der Waals surface area contributed by atoms with Crippen LogP contribution in [0.25, 0.3) is 0 Å². The Morgan fingerprint density at radius 2 is 1.86 bits per heavy atom. The Bertz CT molecular complexity index is 531. The Balaban J connectivity index is 2.20. The standard InChI is InChI=1S/C16H21F2NO3/c1-16(2,19-15(20)21)9-10-7-12(17)14(13(18)8-10)11-3-5-22-6-4-11/h7-8,11,19H,3-6,9H2,1-2H3,(H,20,21). The van der Waals surface area contributed by atoms with Crippen molar-refractivity contribution >= 4 is 6.09 Å². The number of hydrogen-bond acceptors (Lipinski definition) is 2. The van der Waals surface area contributed by atoms with Gasteiger partial charge in [0, 0.05) is 24.3 Å². The topological polar surface area (TPSA) is 58.6 Å². The molecule has 0 unspecified atom stereocenters. The van der Waals surface area contributed by atoms with Crippen molar-refractivity contribution in [1.82, 2.24) is 5.32 Å². The number of benzene rings is 1. The third-order valence-electron chi connectivity index (χ3n) is 3.86. The molecule has 1 amide bonds. The first kappa shape index (κ1) is 16.7. The summed E-state index contributed by atoms with van der Waals surface area (Å²) in [6, 6.07) is 2.61. The van der Waals surface area contributed by atoms with Gasteiger partial charge in [0.15, 0.2) is 0 Å². The van der Waals surface area contributed by atoms with Crippen LogP contribution < -0.4 is 5.32 Å². The molecule has 1 heterocycles. The predicted molar refractivity (Wildman–Crippen MR) is 78.1 cm³/mol. The fourth-order valence-electron chi connectivity index (χ4n) is 2.96. The van der Waals surface area contributed by atoms with Crippen LogP contribution in [-0.4, -0.2) is 30.0 Å². The summed E-state index contributed by atoms with van der Waals surface area (Å²) in [5.74, 6) is -1.28. The average Bonchev–Trinajstić information content (AvgIpc) is 2.36. The van der Waals surface area contributed by atoms with E-state index in [1.165, 1.54) is 12.1 Å². The second-order valence-corrected chi connectivity index (χ2v) is 6.35. The highest BCUT2D eigenvalue weighted by molar-refractivity contribution is 5.65. The highest BCUT2D eigenvalue weighted by atomic mass is 19.1. The molecule has 0 radical (unpaired) electrons. The molecule has 0 saturated carbocycles. The highest BCUT2D eigenvalue weighted by Gasteiger charge is 2.26. The first-order valence-corrected chi connectivity index (χ1v) is 7.35. The van der Waals surface area contributed by atoms with Crippen molar-refractivity contribution in [2.24, 2.45) is 0 Å². The van der Waals surface area contributed by atoms with Gasteiger partial charge in [0.1, 0.15) is 11.6 Å². The van der Waals surface area contributed by atoms with Gasteiger partial charge in [0.25, 0.3) is 0 Å². The van der Waals surface area contributed by atoms with Crippen molar-refractivity contribution in [2.45, 2.75) is 44.6 Å². The molecule has 22 heavy (non-hydrogen) atoms. The molecule has 122 valence electrons. The van der Waals surface area contributed by atoms with Gasteiger partial charge in [-0.25, -0.2) is 13.6 Å². The quantitative estimate of drug-likeness (QED) is 0.895. The molecule has 1 saturated heterocycles. The van der Waals surface area contributed by atoms with Crippen LogP contribution in [0.15, 0.2) is 12.1 Å². The first-order valence-electron chi connectivity index (χ1n) is 7.35. The average molecular weight is 313 g/mol. The monoisotopic (exact) mass is 313 g/mol. The molecule has 1 aliphatic rings. The summed E-state index contributed by atoms with van der Waals surface area (Å²) in [6.07, 6.45) is 0.268. The minimum atomic E-state index is -1.16. The second-order valence-electron chi connectivity index (χ2n) is 6.35. The van der Waals surface area contributed by atoms with Crippen molar-refractivity contribution < 1.29 is 23.4 Å². The van der Waals surface area contributed by atoms with E-state index in [9.17, 15) is 13.6 Å². The van der Waals surface area contributed by atoms with Gasteiger partial charge in [-0.1, -0.05) is 0 Å². The van der Waals surface area contributed by atoms with Crippen molar-refractivity contribution in [3.05, 3.63) is 34.9 Å². The second kappa shape index (κ2) is 6.60. The molecule has 4 nitrogen and oxygen atoms in total. The van der Waals surface area contributed by atoms with Crippen molar-refractivity contribution in [3.8, 4) is 0 Å². The zero-order valence-corrected chi connectivity index (χ0v) is 12.8. The van der Waals surface area contributed by atoms with Crippen molar-refractivity contribution in [1.29, 1.82) is 0 Å². The highest BCUT2D eigenvalue weighted by Crippen LogP contribution is 2.32. The summed E-state index contributed by atoms with van der Waals surface area (Å²) >= 11 is 0. The summed E-state index contributed by atoms with van der Waals surface area (Å²) in [5.41, 5.74) is -0.245. The summed E-state index contributed by atoms with van der Waals surface area (Å²) in [5, 5.41) is 11.1. The summed E-state index contributed by atoms with van der Waals surface area (Å²) in [7, 11) is 0. The van der Waals surface area contributed by atoms with Crippen molar-refractivity contribution in [3.63, 3.8) is 0 Å². The Morgan fingerprint density at radius 1 is 1.32 bits per heavy atom. The lowest BCUT2D eigenvalue weighted by Gasteiger charge is -2.26. The molecular weight excluding hydrogens is 292 g/mol. The van der Waals surface area contributed by atoms with Crippen LogP contribution in [0.2, 0.25) is 0 Å². The molecular formula is C16H21F2NO3. The Morgan fingerprint density at radius 3 is 2.36 bits per heavy atom. The fraction of sp³-hybridized carbons (Fsp3) is 0.562. The molecule has 6 heteroatoms. The Labute approximate surface area is 128 Å². The van der Waals surface area contributed by atoms with Crippen LogP contribution in [0, 0.1) is 11.6 Å². The normalized spacial score (nSPS) is 16.5. The zero-order chi connectivity index (χ0) is 16.3. The van der Waals surface area contributed by atoms with Gasteiger partial charge in [-0.05, 0) is 56.7 Å². The smallest absolute Gasteiger partial charge is 0.405 e. The van der Waals surface area contributed by atoms with E-state index in [1.54, 1.807) is 13.8 Å². The molecule has 0 aliphatic carbocycles. The Hall–Kier alpha value is -1.69. The molecule has 1 fully saturated rings. The van der Waals surface area contributed by atoms with E-state index in [2.05, 4.69) is 5.32 Å². The van der Waals surface area contributed by atoms with Crippen LogP contribution in [0.1, 0.15) is 43.7 Å². The number of ether oxygens (including phenoxy) is 1. The molecule has 2 N–H and O–H groups in total. The van der Waals surface area contributed by atoms with E-state index < -0.39 is 23.3 Å². The van der Waals surface area contributed by atoms with Gasteiger partial charge in [0.2, 0.25) is 0 Å². The largest absolute Gasteiger partial charge is 0.465 e. The van der Waals surface area contributed by atoms with E-state index in [-0.39, 0.29) is 17.9 Å². The van der Waals surface area contributed by atoms with E-state index >= 15 is 0 Å². The third-order valence-corrected chi connectivity index (χ3v) is 3.86. The number of amides is 1. The van der Waals surface area contributed by atoms with Crippen LogP contribution in [0.4, 0.5) is 13.6 Å². The van der Waals surface area contributed by atoms with Crippen LogP contribution in [0.3, 0.4) is 0 Å². The fourth-order valence-corrected chi connectivity index (χ4v) is 2.96. The number of rotatable bonds is 4.